The molecule has 3 atom stereocenters. The molecule has 0 aromatic heterocycles. The van der Waals surface area contributed by atoms with Gasteiger partial charge in [0, 0.05) is 33.9 Å². The van der Waals surface area contributed by atoms with Gasteiger partial charge < -0.3 is 14.4 Å². The van der Waals surface area contributed by atoms with E-state index in [-0.39, 0.29) is 17.3 Å². The number of fused-ring (bicyclic) bond motifs is 5. The molecule has 1 saturated heterocycles. The number of methoxy groups -OCH3 is 2. The lowest BCUT2D eigenvalue weighted by atomic mass is 9.64. The average Bonchev–Trinajstić information content (AvgIpc) is 3.46. The number of carbonyl (C=O) groups excluding carboxylic acids is 3. The number of Topliss-reactive ketones (excluding diaryl/α,β-unsaturated/α-hetero) is 3. The Hall–Kier alpha value is -5.04. The first-order valence-electron chi connectivity index (χ1n) is 13.7. The summed E-state index contributed by atoms with van der Waals surface area (Å²) in [5.74, 6) is -1.23. The van der Waals surface area contributed by atoms with E-state index in [2.05, 4.69) is 0 Å². The summed E-state index contributed by atoms with van der Waals surface area (Å²) >= 11 is 0. The summed E-state index contributed by atoms with van der Waals surface area (Å²) in [6.45, 7) is 0. The fourth-order valence-corrected chi connectivity index (χ4v) is 7.10. The largest absolute Gasteiger partial charge is 0.497 e. The Balaban J connectivity index is 1.55. The van der Waals surface area contributed by atoms with E-state index in [0.29, 0.717) is 45.0 Å². The summed E-state index contributed by atoms with van der Waals surface area (Å²) in [5.41, 5.74) is 1.15. The number of hydrogen-bond donors (Lipinski definition) is 0. The van der Waals surface area contributed by atoms with Gasteiger partial charge in [-0.25, -0.2) is 4.39 Å². The van der Waals surface area contributed by atoms with Crippen molar-refractivity contribution >= 4 is 29.1 Å². The minimum absolute atomic E-state index is 0.286. The molecule has 7 rings (SSSR count). The van der Waals surface area contributed by atoms with E-state index < -0.39 is 29.2 Å². The van der Waals surface area contributed by atoms with Crippen molar-refractivity contribution in [2.75, 3.05) is 19.1 Å². The van der Waals surface area contributed by atoms with Crippen molar-refractivity contribution in [1.29, 1.82) is 0 Å². The molecule has 2 aliphatic heterocycles. The van der Waals surface area contributed by atoms with Gasteiger partial charge in [-0.1, -0.05) is 60.7 Å². The molecule has 0 N–H and O–H groups in total. The maximum atomic E-state index is 14.8. The number of hydrogen-bond acceptors (Lipinski definition) is 6. The molecule has 0 amide bonds. The minimum atomic E-state index is -1.65. The van der Waals surface area contributed by atoms with Crippen LogP contribution in [0.3, 0.4) is 0 Å². The quantitative estimate of drug-likeness (QED) is 0.216. The highest BCUT2D eigenvalue weighted by molar-refractivity contribution is 6.32. The molecule has 0 saturated carbocycles. The Kier molecular flexibility index (Phi) is 5.87. The lowest BCUT2D eigenvalue weighted by Crippen LogP contribution is -2.48. The zero-order valence-corrected chi connectivity index (χ0v) is 22.9. The normalized spacial score (nSPS) is 21.2. The third kappa shape index (κ3) is 3.46. The number of nitrogens with zero attached hydrogens (tertiary/aromatic N) is 1. The van der Waals surface area contributed by atoms with Gasteiger partial charge >= 0.3 is 0 Å². The first kappa shape index (κ1) is 25.9. The van der Waals surface area contributed by atoms with Gasteiger partial charge in [-0.2, -0.15) is 0 Å². The Morgan fingerprint density at radius 3 is 2.17 bits per heavy atom. The van der Waals surface area contributed by atoms with Crippen molar-refractivity contribution in [2.45, 2.75) is 18.0 Å². The predicted octanol–water partition coefficient (Wildman–Crippen LogP) is 6.16. The standard InChI is InChI=1S/C35H26FNO5/c1-41-24-9-5-7-21(18-24)30-31(32(38)22-8-6-10-25(19-22)42-2)37-28-15-14-23(36)17-20(28)13-16-29(37)35(30)33(39)26-11-3-4-12-27(26)34(35)40/h3-19,29-31H,1-2H3/t29-,30+,31-/m0/s1. The minimum Gasteiger partial charge on any atom is -0.497 e. The topological polar surface area (TPSA) is 72.9 Å². The molecule has 0 unspecified atom stereocenters. The van der Waals surface area contributed by atoms with Crippen molar-refractivity contribution in [3.8, 4) is 11.5 Å². The van der Waals surface area contributed by atoms with Crippen LogP contribution < -0.4 is 14.4 Å². The molecule has 208 valence electrons. The third-order valence-corrected chi connectivity index (χ3v) is 8.84. The fourth-order valence-electron chi connectivity index (χ4n) is 7.10. The first-order valence-corrected chi connectivity index (χ1v) is 13.7. The molecule has 1 aliphatic carbocycles. The van der Waals surface area contributed by atoms with Crippen molar-refractivity contribution < 1.29 is 28.2 Å². The van der Waals surface area contributed by atoms with Crippen LogP contribution in [0, 0.1) is 11.2 Å². The second-order valence-corrected chi connectivity index (χ2v) is 10.8. The maximum Gasteiger partial charge on any atom is 0.186 e. The van der Waals surface area contributed by atoms with Gasteiger partial charge in [-0.3, -0.25) is 14.4 Å². The van der Waals surface area contributed by atoms with E-state index >= 15 is 0 Å². The summed E-state index contributed by atoms with van der Waals surface area (Å²) in [7, 11) is 3.07. The molecule has 0 radical (unpaired) electrons. The average molecular weight is 560 g/mol. The molecule has 1 fully saturated rings. The molecule has 4 aromatic carbocycles. The number of carbonyl (C=O) groups is 3. The maximum absolute atomic E-state index is 14.8. The van der Waals surface area contributed by atoms with E-state index in [1.807, 2.05) is 11.0 Å². The zero-order chi connectivity index (χ0) is 29.2. The third-order valence-electron chi connectivity index (χ3n) is 8.84. The lowest BCUT2D eigenvalue weighted by Gasteiger charge is -2.37. The monoisotopic (exact) mass is 559 g/mol. The van der Waals surface area contributed by atoms with Crippen molar-refractivity contribution in [2.24, 2.45) is 5.41 Å². The van der Waals surface area contributed by atoms with Gasteiger partial charge in [-0.05, 0) is 48.0 Å². The van der Waals surface area contributed by atoms with Crippen LogP contribution in [0.1, 0.15) is 48.1 Å². The molecule has 3 aliphatic rings. The number of ketones is 3. The highest BCUT2D eigenvalue weighted by Gasteiger charge is 2.71. The molecule has 2 heterocycles. The molecule has 0 bridgehead atoms. The van der Waals surface area contributed by atoms with Crippen molar-refractivity contribution in [3.63, 3.8) is 0 Å². The lowest BCUT2D eigenvalue weighted by molar-refractivity contribution is 0.0665. The molecular weight excluding hydrogens is 533 g/mol. The predicted molar refractivity (Wildman–Crippen MR) is 156 cm³/mol. The van der Waals surface area contributed by atoms with Crippen LogP contribution in [-0.2, 0) is 0 Å². The Morgan fingerprint density at radius 1 is 0.810 bits per heavy atom. The number of ether oxygens (including phenoxy) is 2. The highest BCUT2D eigenvalue weighted by atomic mass is 19.1. The molecule has 4 aromatic rings. The summed E-state index contributed by atoms with van der Waals surface area (Å²) in [6, 6.07) is 23.4. The zero-order valence-electron chi connectivity index (χ0n) is 22.9. The van der Waals surface area contributed by atoms with Gasteiger partial charge in [0.25, 0.3) is 0 Å². The molecule has 1 spiro atoms. The van der Waals surface area contributed by atoms with Gasteiger partial charge in [0.1, 0.15) is 28.8 Å². The van der Waals surface area contributed by atoms with E-state index in [4.69, 9.17) is 9.47 Å². The smallest absolute Gasteiger partial charge is 0.186 e. The van der Waals surface area contributed by atoms with E-state index in [0.717, 1.165) is 0 Å². The van der Waals surface area contributed by atoms with Gasteiger partial charge in [0.2, 0.25) is 0 Å². The summed E-state index contributed by atoms with van der Waals surface area (Å²) in [4.78, 5) is 46.0. The molecule has 7 heteroatoms. The molecular formula is C35H26FNO5. The molecule has 6 nitrogen and oxygen atoms in total. The summed E-state index contributed by atoms with van der Waals surface area (Å²) < 4.78 is 25.4. The second-order valence-electron chi connectivity index (χ2n) is 10.8. The number of anilines is 1. The van der Waals surface area contributed by atoms with E-state index in [9.17, 15) is 18.8 Å². The van der Waals surface area contributed by atoms with Gasteiger partial charge in [0.15, 0.2) is 17.3 Å². The fraction of sp³-hybridized carbons (Fsp3) is 0.171. The van der Waals surface area contributed by atoms with Crippen LogP contribution in [0.4, 0.5) is 10.1 Å². The Labute approximate surface area is 242 Å². The van der Waals surface area contributed by atoms with Crippen LogP contribution in [0.25, 0.3) is 6.08 Å². The number of benzene rings is 4. The Morgan fingerprint density at radius 2 is 1.48 bits per heavy atom. The van der Waals surface area contributed by atoms with Crippen LogP contribution >= 0.6 is 0 Å². The van der Waals surface area contributed by atoms with Crippen LogP contribution in [0.15, 0.2) is 97.1 Å². The SMILES string of the molecule is COc1cccc(C(=O)[C@@H]2[C@@H](c3cccc(OC)c3)C3(C(=O)c4ccccc4C3=O)[C@@H]3C=Cc4cc(F)ccc4N23)c1. The van der Waals surface area contributed by atoms with E-state index in [1.165, 1.54) is 19.2 Å². The van der Waals surface area contributed by atoms with Crippen LogP contribution in [0.5, 0.6) is 11.5 Å². The van der Waals surface area contributed by atoms with Gasteiger partial charge in [-0.15, -0.1) is 0 Å². The summed E-state index contributed by atoms with van der Waals surface area (Å²) in [6.07, 6.45) is 3.52. The first-order chi connectivity index (χ1) is 20.4. The number of halogens is 1. The van der Waals surface area contributed by atoms with Crippen LogP contribution in [-0.4, -0.2) is 43.7 Å². The number of rotatable bonds is 5. The summed E-state index contributed by atoms with van der Waals surface area (Å²) in [5, 5.41) is 0. The van der Waals surface area contributed by atoms with Crippen molar-refractivity contribution in [3.05, 3.63) is 131 Å². The van der Waals surface area contributed by atoms with Crippen LogP contribution in [0.2, 0.25) is 0 Å². The second kappa shape index (κ2) is 9.52. The molecule has 42 heavy (non-hydrogen) atoms. The van der Waals surface area contributed by atoms with E-state index in [1.54, 1.807) is 92.1 Å². The van der Waals surface area contributed by atoms with Gasteiger partial charge in [0.05, 0.1) is 20.3 Å². The highest BCUT2D eigenvalue weighted by Crippen LogP contribution is 2.61. The Bertz CT molecular complexity index is 1790. The van der Waals surface area contributed by atoms with Crippen molar-refractivity contribution in [1.82, 2.24) is 0 Å².